The number of nitrogens with zero attached hydrogens (tertiary/aromatic N) is 3. The Morgan fingerprint density at radius 3 is 2.14 bits per heavy atom. The van der Waals surface area contributed by atoms with E-state index in [4.69, 9.17) is 68.4 Å². The normalized spacial score (nSPS) is 11.9. The molecule has 19 heteroatoms. The summed E-state index contributed by atoms with van der Waals surface area (Å²) in [5, 5.41) is 12.8. The monoisotopic (exact) mass is 865 g/mol. The number of halogens is 6. The first-order chi connectivity index (χ1) is 27.4. The van der Waals surface area contributed by atoms with Crippen LogP contribution in [-0.2, 0) is 30.1 Å². The van der Waals surface area contributed by atoms with Crippen LogP contribution in [0.25, 0.3) is 11.0 Å². The molecule has 0 saturated carbocycles. The van der Waals surface area contributed by atoms with Gasteiger partial charge in [-0.15, -0.1) is 0 Å². The highest BCUT2D eigenvalue weighted by Gasteiger charge is 2.31. The molecule has 0 bridgehead atoms. The second-order valence-electron chi connectivity index (χ2n) is 12.0. The minimum absolute atomic E-state index is 0.0246. The number of esters is 2. The third-order valence-electron chi connectivity index (χ3n) is 7.12. The fraction of sp³-hybridized carbons (Fsp3) is 0.231. The summed E-state index contributed by atoms with van der Waals surface area (Å²) in [6, 6.07) is 18.4. The van der Waals surface area contributed by atoms with Crippen LogP contribution in [0.5, 0.6) is 28.9 Å². The molecule has 0 spiro atoms. The Kier molecular flexibility index (Phi) is 15.9. The van der Waals surface area contributed by atoms with Gasteiger partial charge in [-0.1, -0.05) is 40.0 Å². The predicted molar refractivity (Wildman–Crippen MR) is 207 cm³/mol. The molecule has 0 fully saturated rings. The molecule has 13 nitrogen and oxygen atoms in total. The minimum atomic E-state index is -4.56. The Labute approximate surface area is 344 Å². The average Bonchev–Trinajstić information content (AvgIpc) is 3.16. The number of benzene rings is 4. The molecule has 0 saturated heterocycles. The van der Waals surface area contributed by atoms with Crippen molar-refractivity contribution in [3.8, 4) is 28.9 Å². The molecule has 2 atom stereocenters. The van der Waals surface area contributed by atoms with E-state index in [1.807, 2.05) is 13.8 Å². The highest BCUT2D eigenvalue weighted by molar-refractivity contribution is 6.33. The zero-order valence-corrected chi connectivity index (χ0v) is 33.2. The molecule has 5 aromatic rings. The number of aromatic nitrogens is 2. The summed E-state index contributed by atoms with van der Waals surface area (Å²) in [5.41, 5.74) is 1.03. The van der Waals surface area contributed by atoms with Crippen molar-refractivity contribution in [2.24, 2.45) is 5.16 Å². The van der Waals surface area contributed by atoms with E-state index < -0.39 is 41.9 Å². The van der Waals surface area contributed by atoms with Gasteiger partial charge in [0, 0.05) is 5.02 Å². The SMILES string of the molecule is CC(C)=NOCCOC(=O)[C@@H](C)Oc1ccc(Oc2cnc3cc(Cl)ccc3n2)cc1.C[C@H](OC(=O)c1cc(Oc2ccc(C(F)(F)F)cc2Cl)ccc1Cl)C(=O)O. The van der Waals surface area contributed by atoms with Crippen molar-refractivity contribution in [1.29, 1.82) is 0 Å². The fourth-order valence-corrected chi connectivity index (χ4v) is 4.91. The van der Waals surface area contributed by atoms with Crippen LogP contribution in [0.3, 0.4) is 0 Å². The van der Waals surface area contributed by atoms with Gasteiger partial charge in [-0.2, -0.15) is 13.2 Å². The lowest BCUT2D eigenvalue weighted by Gasteiger charge is -2.14. The molecule has 0 unspecified atom stereocenters. The average molecular weight is 867 g/mol. The van der Waals surface area contributed by atoms with Crippen molar-refractivity contribution in [2.75, 3.05) is 13.2 Å². The molecule has 0 aliphatic heterocycles. The van der Waals surface area contributed by atoms with Gasteiger partial charge in [-0.05, 0) is 107 Å². The zero-order valence-electron chi connectivity index (χ0n) is 30.9. The number of rotatable bonds is 14. The van der Waals surface area contributed by atoms with Crippen molar-refractivity contribution in [3.05, 3.63) is 111 Å². The van der Waals surface area contributed by atoms with Gasteiger partial charge in [0.25, 0.3) is 0 Å². The van der Waals surface area contributed by atoms with Gasteiger partial charge in [0.1, 0.15) is 29.6 Å². The standard InChI is InChI=1S/C22H22ClN3O5.C17H11Cl2F3O5/c1-14(2)26-29-11-10-28-22(27)15(3)30-17-5-7-18(8-6-17)31-21-13-24-20-12-16(23)4-9-19(20)25-21;1-8(15(23)24)26-16(25)11-7-10(3-4-12(11)18)27-14-5-2-9(6-13(14)19)17(20,21)22/h4-9,12-13,15H,10-11H2,1-3H3;2-8H,1H3,(H,23,24)/t15-;8-/m10/s1. The van der Waals surface area contributed by atoms with Gasteiger partial charge in [0.05, 0.1) is 44.1 Å². The van der Waals surface area contributed by atoms with Crippen LogP contribution < -0.4 is 14.2 Å². The van der Waals surface area contributed by atoms with Crippen molar-refractivity contribution in [3.63, 3.8) is 0 Å². The number of hydrogen-bond donors (Lipinski definition) is 1. The van der Waals surface area contributed by atoms with Crippen molar-refractivity contribution in [1.82, 2.24) is 9.97 Å². The molecule has 1 N–H and O–H groups in total. The lowest BCUT2D eigenvalue weighted by atomic mass is 10.2. The Bertz CT molecular complexity index is 2270. The van der Waals surface area contributed by atoms with E-state index in [2.05, 4.69) is 15.1 Å². The number of carbonyl (C=O) groups excluding carboxylic acids is 2. The van der Waals surface area contributed by atoms with Gasteiger partial charge < -0.3 is 33.6 Å². The Morgan fingerprint density at radius 2 is 1.48 bits per heavy atom. The summed E-state index contributed by atoms with van der Waals surface area (Å²) in [7, 11) is 0. The molecule has 1 aromatic heterocycles. The number of oxime groups is 1. The lowest BCUT2D eigenvalue weighted by molar-refractivity contribution is -0.152. The molecule has 58 heavy (non-hydrogen) atoms. The highest BCUT2D eigenvalue weighted by atomic mass is 35.5. The summed E-state index contributed by atoms with van der Waals surface area (Å²) in [6.45, 7) is 6.67. The first-order valence-electron chi connectivity index (χ1n) is 16.8. The number of alkyl halides is 3. The highest BCUT2D eigenvalue weighted by Crippen LogP contribution is 2.37. The van der Waals surface area contributed by atoms with Crippen molar-refractivity contribution < 1.29 is 61.2 Å². The van der Waals surface area contributed by atoms with E-state index in [0.717, 1.165) is 30.8 Å². The number of ether oxygens (including phenoxy) is 5. The van der Waals surface area contributed by atoms with Gasteiger partial charge in [-0.3, -0.25) is 0 Å². The van der Waals surface area contributed by atoms with E-state index in [-0.39, 0.29) is 40.3 Å². The number of aliphatic carboxylic acids is 1. The predicted octanol–water partition coefficient (Wildman–Crippen LogP) is 10.2. The largest absolute Gasteiger partial charge is 0.479 e. The Morgan fingerprint density at radius 1 is 0.793 bits per heavy atom. The Hall–Kier alpha value is -5.84. The topological polar surface area (TPSA) is 165 Å². The minimum Gasteiger partial charge on any atom is -0.479 e. The molecular formula is C39H33Cl3F3N3O10. The number of carboxylic acids is 1. The summed E-state index contributed by atoms with van der Waals surface area (Å²) < 4.78 is 64.6. The lowest BCUT2D eigenvalue weighted by Crippen LogP contribution is -2.27. The van der Waals surface area contributed by atoms with Crippen molar-refractivity contribution >= 4 is 69.5 Å². The third-order valence-corrected chi connectivity index (χ3v) is 7.98. The van der Waals surface area contributed by atoms with Crippen LogP contribution in [0, 0.1) is 0 Å². The van der Waals surface area contributed by atoms with Crippen LogP contribution in [-0.4, -0.2) is 64.1 Å². The molecule has 0 aliphatic rings. The van der Waals surface area contributed by atoms with Gasteiger partial charge >= 0.3 is 24.1 Å². The van der Waals surface area contributed by atoms with Crippen LogP contribution in [0.2, 0.25) is 15.1 Å². The van der Waals surface area contributed by atoms with Crippen LogP contribution in [0.1, 0.15) is 43.6 Å². The quantitative estimate of drug-likeness (QED) is 0.0487. The van der Waals surface area contributed by atoms with E-state index in [9.17, 15) is 27.6 Å². The maximum absolute atomic E-state index is 12.7. The second kappa shape index (κ2) is 20.5. The van der Waals surface area contributed by atoms with E-state index >= 15 is 0 Å². The van der Waals surface area contributed by atoms with Crippen LogP contribution >= 0.6 is 34.8 Å². The number of fused-ring (bicyclic) bond motifs is 1. The summed E-state index contributed by atoms with van der Waals surface area (Å²) in [5.74, 6) is -1.48. The molecule has 0 radical (unpaired) electrons. The maximum Gasteiger partial charge on any atom is 0.416 e. The molecule has 5 rings (SSSR count). The Balaban J connectivity index is 0.000000259. The van der Waals surface area contributed by atoms with Crippen molar-refractivity contribution in [2.45, 2.75) is 46.1 Å². The van der Waals surface area contributed by atoms with E-state index in [1.54, 1.807) is 49.4 Å². The summed E-state index contributed by atoms with van der Waals surface area (Å²) in [6.07, 6.45) is -5.21. The second-order valence-corrected chi connectivity index (χ2v) is 13.2. The van der Waals surface area contributed by atoms with Gasteiger partial charge in [0.15, 0.2) is 18.8 Å². The molecule has 0 amide bonds. The van der Waals surface area contributed by atoms with Crippen LogP contribution in [0.15, 0.2) is 90.2 Å². The van der Waals surface area contributed by atoms with Gasteiger partial charge in [0.2, 0.25) is 5.88 Å². The maximum atomic E-state index is 12.7. The smallest absolute Gasteiger partial charge is 0.416 e. The molecular weight excluding hydrogens is 834 g/mol. The summed E-state index contributed by atoms with van der Waals surface area (Å²) in [4.78, 5) is 48.5. The number of carbonyl (C=O) groups is 3. The molecule has 0 aliphatic carbocycles. The fourth-order valence-electron chi connectivity index (χ4n) is 4.33. The third kappa shape index (κ3) is 13.7. The number of carboxylic acid groups (broad SMARTS) is 1. The first kappa shape index (κ1) is 44.9. The van der Waals surface area contributed by atoms with E-state index in [1.165, 1.54) is 18.3 Å². The number of hydrogen-bond acceptors (Lipinski definition) is 12. The first-order valence-corrected chi connectivity index (χ1v) is 18.0. The van der Waals surface area contributed by atoms with Gasteiger partial charge in [-0.25, -0.2) is 24.4 Å². The molecule has 306 valence electrons. The van der Waals surface area contributed by atoms with Crippen LogP contribution in [0.4, 0.5) is 13.2 Å². The molecule has 4 aromatic carbocycles. The summed E-state index contributed by atoms with van der Waals surface area (Å²) >= 11 is 17.7. The van der Waals surface area contributed by atoms with E-state index in [0.29, 0.717) is 39.5 Å². The zero-order chi connectivity index (χ0) is 42.6. The molecule has 1 heterocycles.